The molecule has 2 aromatic rings. The molecule has 1 aliphatic carbocycles. The molecule has 4 atom stereocenters. The molecule has 8 heteroatoms. The van der Waals surface area contributed by atoms with Gasteiger partial charge in [-0.2, -0.15) is 12.6 Å². The highest BCUT2D eigenvalue weighted by Gasteiger charge is 2.48. The van der Waals surface area contributed by atoms with Crippen molar-refractivity contribution in [2.45, 2.75) is 78.2 Å². The number of aryl methyl sites for hydroxylation is 2. The molecule has 0 aromatic heterocycles. The zero-order chi connectivity index (χ0) is 27.3. The van der Waals surface area contributed by atoms with E-state index in [9.17, 15) is 14.4 Å². The van der Waals surface area contributed by atoms with Crippen LogP contribution >= 0.6 is 12.6 Å². The highest BCUT2D eigenvalue weighted by molar-refractivity contribution is 7.80. The molecule has 0 heterocycles. The van der Waals surface area contributed by atoms with Crippen LogP contribution in [0.5, 0.6) is 0 Å². The van der Waals surface area contributed by atoms with Crippen molar-refractivity contribution in [1.29, 1.82) is 0 Å². The molecule has 0 aliphatic heterocycles. The molecule has 1 fully saturated rings. The fourth-order valence-electron chi connectivity index (χ4n) is 4.52. The molecule has 1 saturated carbocycles. The van der Waals surface area contributed by atoms with Gasteiger partial charge in [0.25, 0.3) is 0 Å². The van der Waals surface area contributed by atoms with Crippen molar-refractivity contribution in [3.63, 3.8) is 0 Å². The van der Waals surface area contributed by atoms with Crippen molar-refractivity contribution in [1.82, 2.24) is 15.5 Å². The van der Waals surface area contributed by atoms with Gasteiger partial charge < -0.3 is 20.3 Å². The molecule has 200 valence electrons. The Morgan fingerprint density at radius 2 is 1.65 bits per heavy atom. The zero-order valence-electron chi connectivity index (χ0n) is 22.6. The minimum atomic E-state index is -0.945. The van der Waals surface area contributed by atoms with Crippen molar-refractivity contribution < 1.29 is 19.1 Å². The molecule has 7 nitrogen and oxygen atoms in total. The summed E-state index contributed by atoms with van der Waals surface area (Å²) in [7, 11) is 0. The maximum Gasteiger partial charge on any atom is 0.408 e. The number of amides is 3. The van der Waals surface area contributed by atoms with Gasteiger partial charge in [-0.25, -0.2) is 4.79 Å². The van der Waals surface area contributed by atoms with Crippen LogP contribution in [0.15, 0.2) is 48.5 Å². The van der Waals surface area contributed by atoms with Gasteiger partial charge in [-0.1, -0.05) is 55.5 Å². The minimum Gasteiger partial charge on any atom is -0.444 e. The van der Waals surface area contributed by atoms with Crippen LogP contribution in [-0.4, -0.2) is 46.2 Å². The molecular formula is C29H39N3O4S. The molecule has 0 saturated heterocycles. The highest BCUT2D eigenvalue weighted by atomic mass is 32.1. The Morgan fingerprint density at radius 1 is 1.05 bits per heavy atom. The Hall–Kier alpha value is -3.00. The summed E-state index contributed by atoms with van der Waals surface area (Å²) in [6.07, 6.45) is 0.0889. The molecular weight excluding hydrogens is 486 g/mol. The molecule has 0 radical (unpaired) electrons. The van der Waals surface area contributed by atoms with Crippen LogP contribution < -0.4 is 10.6 Å². The number of carbonyl (C=O) groups is 3. The van der Waals surface area contributed by atoms with Crippen LogP contribution in [0.25, 0.3) is 0 Å². The largest absolute Gasteiger partial charge is 0.444 e. The molecule has 3 rings (SSSR count). The van der Waals surface area contributed by atoms with Crippen molar-refractivity contribution in [3.05, 3.63) is 70.8 Å². The van der Waals surface area contributed by atoms with Gasteiger partial charge in [-0.15, -0.1) is 0 Å². The van der Waals surface area contributed by atoms with E-state index in [0.29, 0.717) is 6.54 Å². The van der Waals surface area contributed by atoms with Crippen LogP contribution in [0.2, 0.25) is 0 Å². The van der Waals surface area contributed by atoms with Crippen LogP contribution in [-0.2, 0) is 20.9 Å². The minimum absolute atomic E-state index is 0.0702. The van der Waals surface area contributed by atoms with Crippen molar-refractivity contribution in [3.8, 4) is 0 Å². The van der Waals surface area contributed by atoms with Crippen LogP contribution in [0, 0.1) is 19.8 Å². The van der Waals surface area contributed by atoms with E-state index in [0.717, 1.165) is 28.7 Å². The lowest BCUT2D eigenvalue weighted by Gasteiger charge is -2.36. The fourth-order valence-corrected chi connectivity index (χ4v) is 4.77. The third kappa shape index (κ3) is 7.51. The predicted octanol–water partition coefficient (Wildman–Crippen LogP) is 4.72. The van der Waals surface area contributed by atoms with E-state index < -0.39 is 23.8 Å². The Labute approximate surface area is 225 Å². The summed E-state index contributed by atoms with van der Waals surface area (Å²) in [6, 6.07) is 13.6. The second kappa shape index (κ2) is 12.0. The van der Waals surface area contributed by atoms with Gasteiger partial charge in [0, 0.05) is 18.3 Å². The second-order valence-corrected chi connectivity index (χ2v) is 11.2. The van der Waals surface area contributed by atoms with Gasteiger partial charge in [0.05, 0.1) is 0 Å². The monoisotopic (exact) mass is 525 g/mol. The Kier molecular flexibility index (Phi) is 9.29. The molecule has 2 N–H and O–H groups in total. The summed E-state index contributed by atoms with van der Waals surface area (Å²) in [5.74, 6) is -0.303. The smallest absolute Gasteiger partial charge is 0.408 e. The first-order valence-electron chi connectivity index (χ1n) is 12.7. The number of alkyl carbamates (subject to hydrolysis) is 1. The molecule has 0 spiro atoms. The highest BCUT2D eigenvalue weighted by Crippen LogP contribution is 2.42. The predicted molar refractivity (Wildman–Crippen MR) is 148 cm³/mol. The first-order valence-corrected chi connectivity index (χ1v) is 13.4. The normalized spacial score (nSPS) is 18.4. The van der Waals surface area contributed by atoms with Crippen molar-refractivity contribution >= 4 is 30.5 Å². The Morgan fingerprint density at radius 3 is 2.16 bits per heavy atom. The van der Waals surface area contributed by atoms with Crippen LogP contribution in [0.1, 0.15) is 62.4 Å². The van der Waals surface area contributed by atoms with Gasteiger partial charge in [-0.05, 0) is 69.2 Å². The molecule has 4 unspecified atom stereocenters. The lowest BCUT2D eigenvalue weighted by Crippen LogP contribution is -2.55. The summed E-state index contributed by atoms with van der Waals surface area (Å²) in [4.78, 5) is 42.1. The first-order chi connectivity index (χ1) is 17.4. The lowest BCUT2D eigenvalue weighted by molar-refractivity contribution is -0.143. The first kappa shape index (κ1) is 28.6. The Balaban J connectivity index is 1.98. The summed E-state index contributed by atoms with van der Waals surface area (Å²) in [5, 5.41) is 5.72. The summed E-state index contributed by atoms with van der Waals surface area (Å²) < 4.78 is 5.38. The van der Waals surface area contributed by atoms with Gasteiger partial charge in [-0.3, -0.25) is 9.59 Å². The number of benzene rings is 2. The number of carbonyl (C=O) groups excluding carboxylic acids is 3. The SMILES string of the molecule is Cc1cccc(C)c1C(C(=O)NCc1ccccc1)N(C(=O)C(CS)NC(=O)OC(C)(C)C)C1CC1C. The van der Waals surface area contributed by atoms with Crippen LogP contribution in [0.3, 0.4) is 0 Å². The summed E-state index contributed by atoms with van der Waals surface area (Å²) >= 11 is 4.37. The Bertz CT molecular complexity index is 1100. The molecule has 1 aliphatic rings. The maximum absolute atomic E-state index is 14.0. The molecule has 37 heavy (non-hydrogen) atoms. The van der Waals surface area contributed by atoms with E-state index in [1.165, 1.54) is 0 Å². The second-order valence-electron chi connectivity index (χ2n) is 10.8. The fraction of sp³-hybridized carbons (Fsp3) is 0.483. The van der Waals surface area contributed by atoms with Gasteiger partial charge in [0.15, 0.2) is 0 Å². The quantitative estimate of drug-likeness (QED) is 0.414. The number of rotatable bonds is 9. The number of hydrogen-bond acceptors (Lipinski definition) is 5. The van der Waals surface area contributed by atoms with Crippen LogP contribution in [0.4, 0.5) is 4.79 Å². The third-order valence-electron chi connectivity index (χ3n) is 6.50. The van der Waals surface area contributed by atoms with E-state index in [1.807, 2.05) is 62.4 Å². The third-order valence-corrected chi connectivity index (χ3v) is 6.87. The topological polar surface area (TPSA) is 87.7 Å². The van der Waals surface area contributed by atoms with E-state index in [4.69, 9.17) is 4.74 Å². The molecule has 3 amide bonds. The van der Waals surface area contributed by atoms with E-state index in [1.54, 1.807) is 25.7 Å². The summed E-state index contributed by atoms with van der Waals surface area (Å²) in [5.41, 5.74) is 2.91. The standard InChI is InChI=1S/C29H39N3O4S/c1-18-11-10-12-19(2)24(18)25(26(33)30-16-21-13-8-7-9-14-21)32(23-15-20(23)3)27(34)22(17-37)31-28(35)36-29(4,5)6/h7-14,20,22-23,25,37H,15-17H2,1-6H3,(H,30,33)(H,31,35). The van der Waals surface area contributed by atoms with E-state index in [2.05, 4.69) is 30.2 Å². The summed E-state index contributed by atoms with van der Waals surface area (Å²) in [6.45, 7) is 11.6. The van der Waals surface area contributed by atoms with Gasteiger partial charge >= 0.3 is 6.09 Å². The number of nitrogens with one attached hydrogen (secondary N) is 2. The number of ether oxygens (including phenoxy) is 1. The average molecular weight is 526 g/mol. The van der Waals surface area contributed by atoms with Crippen molar-refractivity contribution in [2.75, 3.05) is 5.75 Å². The van der Waals surface area contributed by atoms with Crippen molar-refractivity contribution in [2.24, 2.45) is 5.92 Å². The number of hydrogen-bond donors (Lipinski definition) is 3. The zero-order valence-corrected chi connectivity index (χ0v) is 23.5. The molecule has 2 aromatic carbocycles. The van der Waals surface area contributed by atoms with Gasteiger partial charge in [0.1, 0.15) is 17.7 Å². The van der Waals surface area contributed by atoms with Gasteiger partial charge in [0.2, 0.25) is 11.8 Å². The molecule has 0 bridgehead atoms. The number of thiol groups is 1. The van der Waals surface area contributed by atoms with E-state index in [-0.39, 0.29) is 29.5 Å². The lowest BCUT2D eigenvalue weighted by atomic mass is 9.93. The average Bonchev–Trinajstić information content (AvgIpc) is 3.55. The maximum atomic E-state index is 14.0. The van der Waals surface area contributed by atoms with E-state index >= 15 is 0 Å². The number of nitrogens with zero attached hydrogens (tertiary/aromatic N) is 1.